The van der Waals surface area contributed by atoms with Crippen LogP contribution in [0.1, 0.15) is 57.0 Å². The van der Waals surface area contributed by atoms with Crippen LogP contribution in [0.5, 0.6) is 0 Å². The summed E-state index contributed by atoms with van der Waals surface area (Å²) < 4.78 is 31.9. The van der Waals surface area contributed by atoms with E-state index in [1.807, 2.05) is 13.8 Å². The maximum atomic E-state index is 13.5. The van der Waals surface area contributed by atoms with Gasteiger partial charge in [-0.05, 0) is 55.0 Å². The van der Waals surface area contributed by atoms with Gasteiger partial charge in [0.05, 0.1) is 11.9 Å². The van der Waals surface area contributed by atoms with E-state index < -0.39 is 5.82 Å². The van der Waals surface area contributed by atoms with Crippen LogP contribution in [0.4, 0.5) is 14.5 Å². The summed E-state index contributed by atoms with van der Waals surface area (Å²) in [5, 5.41) is 10.5. The van der Waals surface area contributed by atoms with E-state index in [0.717, 1.165) is 43.1 Å². The van der Waals surface area contributed by atoms with E-state index in [9.17, 15) is 13.6 Å². The van der Waals surface area contributed by atoms with Crippen LogP contribution in [-0.2, 0) is 4.79 Å². The van der Waals surface area contributed by atoms with Gasteiger partial charge in [0, 0.05) is 32.3 Å². The number of hydrogen-bond acceptors (Lipinski definition) is 6. The zero-order valence-corrected chi connectivity index (χ0v) is 20.6. The summed E-state index contributed by atoms with van der Waals surface area (Å²) >= 11 is 0. The second-order valence-corrected chi connectivity index (χ2v) is 7.94. The van der Waals surface area contributed by atoms with Gasteiger partial charge in [-0.15, -0.1) is 10.2 Å². The summed E-state index contributed by atoms with van der Waals surface area (Å²) in [6.07, 6.45) is 5.52. The van der Waals surface area contributed by atoms with E-state index in [2.05, 4.69) is 27.4 Å². The first kappa shape index (κ1) is 26.9. The number of pyridine rings is 1. The Hall–Kier alpha value is -3.36. The third-order valence-corrected chi connectivity index (χ3v) is 5.47. The number of piperidine rings is 1. The highest BCUT2D eigenvalue weighted by Gasteiger charge is 2.30. The SMILES string of the molecule is CC.CNc1cc(-c2cncc(F)c2)c(C)cc1F.Cc1nnc(C2C[C@@H](C)CCN2C=O)o1. The Labute approximate surface area is 199 Å². The van der Waals surface area contributed by atoms with E-state index in [1.165, 1.54) is 12.1 Å². The average Bonchev–Trinajstić information content (AvgIpc) is 3.27. The summed E-state index contributed by atoms with van der Waals surface area (Å²) in [5.41, 5.74) is 2.53. The zero-order chi connectivity index (χ0) is 25.3. The lowest BCUT2D eigenvalue weighted by Gasteiger charge is -2.33. The first-order valence-electron chi connectivity index (χ1n) is 11.4. The van der Waals surface area contributed by atoms with Gasteiger partial charge in [0.15, 0.2) is 0 Å². The molecule has 3 heterocycles. The Morgan fingerprint density at radius 2 is 1.88 bits per heavy atom. The van der Waals surface area contributed by atoms with E-state index in [1.54, 1.807) is 38.1 Å². The second kappa shape index (κ2) is 12.8. The van der Waals surface area contributed by atoms with Crippen LogP contribution in [0.3, 0.4) is 0 Å². The molecule has 1 aliphatic rings. The van der Waals surface area contributed by atoms with Crippen molar-refractivity contribution in [2.24, 2.45) is 5.92 Å². The number of benzene rings is 1. The molecule has 0 radical (unpaired) electrons. The minimum atomic E-state index is -0.405. The van der Waals surface area contributed by atoms with Crippen LogP contribution in [0.25, 0.3) is 11.1 Å². The van der Waals surface area contributed by atoms with Gasteiger partial charge in [0.1, 0.15) is 17.7 Å². The number of carbonyl (C=O) groups is 1. The van der Waals surface area contributed by atoms with Crippen molar-refractivity contribution in [1.29, 1.82) is 0 Å². The van der Waals surface area contributed by atoms with E-state index in [-0.39, 0.29) is 11.9 Å². The van der Waals surface area contributed by atoms with Crippen LogP contribution in [0.2, 0.25) is 0 Å². The molecular formula is C25H33F2N5O2. The fraction of sp³-hybridized carbons (Fsp3) is 0.440. The first-order valence-corrected chi connectivity index (χ1v) is 11.4. The smallest absolute Gasteiger partial charge is 0.238 e. The largest absolute Gasteiger partial charge is 0.423 e. The highest BCUT2D eigenvalue weighted by atomic mass is 19.1. The molecule has 1 N–H and O–H groups in total. The molecule has 2 atom stereocenters. The molecule has 1 fully saturated rings. The predicted octanol–water partition coefficient (Wildman–Crippen LogP) is 5.71. The number of rotatable bonds is 4. The van der Waals surface area contributed by atoms with Gasteiger partial charge in [-0.1, -0.05) is 20.8 Å². The second-order valence-electron chi connectivity index (χ2n) is 7.94. The van der Waals surface area contributed by atoms with Gasteiger partial charge in [0.25, 0.3) is 0 Å². The van der Waals surface area contributed by atoms with Crippen molar-refractivity contribution < 1.29 is 18.0 Å². The summed E-state index contributed by atoms with van der Waals surface area (Å²) in [6, 6.07) is 4.42. The van der Waals surface area contributed by atoms with Crippen molar-refractivity contribution in [3.05, 3.63) is 59.6 Å². The summed E-state index contributed by atoms with van der Waals surface area (Å²) in [6.45, 7) is 10.5. The summed E-state index contributed by atoms with van der Waals surface area (Å²) in [5.74, 6) is 0.981. The molecule has 1 unspecified atom stereocenters. The number of carbonyl (C=O) groups excluding carboxylic acids is 1. The molecule has 1 aliphatic heterocycles. The van der Waals surface area contributed by atoms with Gasteiger partial charge in [-0.2, -0.15) is 0 Å². The maximum absolute atomic E-state index is 13.5. The standard InChI is InChI=1S/C13H12F2N2.C10H15N3O2.C2H6/c1-8-3-12(15)13(16-2)5-11(8)9-4-10(14)7-17-6-9;1-7-3-4-13(6-14)9(5-7)10-12-11-8(2)15-10;1-2/h3-7,16H,1-2H3;6-7,9H,3-5H2,1-2H3;1-2H3/t;7-,9?;/m.0./s1. The lowest BCUT2D eigenvalue weighted by atomic mass is 9.93. The molecule has 0 saturated carbocycles. The van der Waals surface area contributed by atoms with Crippen molar-refractivity contribution >= 4 is 12.1 Å². The van der Waals surface area contributed by atoms with Crippen LogP contribution < -0.4 is 5.32 Å². The third-order valence-electron chi connectivity index (χ3n) is 5.47. The molecule has 0 aliphatic carbocycles. The third kappa shape index (κ3) is 6.82. The van der Waals surface area contributed by atoms with E-state index in [0.29, 0.717) is 29.0 Å². The van der Waals surface area contributed by atoms with Crippen molar-refractivity contribution in [3.8, 4) is 11.1 Å². The van der Waals surface area contributed by atoms with Crippen LogP contribution in [0.15, 0.2) is 35.0 Å². The quantitative estimate of drug-likeness (QED) is 0.489. The zero-order valence-electron chi connectivity index (χ0n) is 20.6. The van der Waals surface area contributed by atoms with Crippen molar-refractivity contribution in [1.82, 2.24) is 20.1 Å². The fourth-order valence-electron chi connectivity index (χ4n) is 3.71. The summed E-state index contributed by atoms with van der Waals surface area (Å²) in [4.78, 5) is 16.4. The van der Waals surface area contributed by atoms with E-state index >= 15 is 0 Å². The topological polar surface area (TPSA) is 84.2 Å². The van der Waals surface area contributed by atoms with Gasteiger partial charge >= 0.3 is 0 Å². The van der Waals surface area contributed by atoms with Crippen molar-refractivity contribution in [3.63, 3.8) is 0 Å². The molecule has 2 aromatic heterocycles. The molecule has 4 rings (SSSR count). The highest BCUT2D eigenvalue weighted by Crippen LogP contribution is 2.32. The number of aromatic nitrogens is 3. The van der Waals surface area contributed by atoms with Crippen LogP contribution in [-0.4, -0.2) is 40.1 Å². The maximum Gasteiger partial charge on any atom is 0.238 e. The molecule has 1 aromatic carbocycles. The molecule has 0 spiro atoms. The number of amides is 1. The highest BCUT2D eigenvalue weighted by molar-refractivity contribution is 5.71. The minimum Gasteiger partial charge on any atom is -0.423 e. The number of hydrogen-bond donors (Lipinski definition) is 1. The molecule has 1 saturated heterocycles. The monoisotopic (exact) mass is 473 g/mol. The molecule has 0 bridgehead atoms. The first-order chi connectivity index (χ1) is 16.3. The molecule has 7 nitrogen and oxygen atoms in total. The molecular weight excluding hydrogens is 440 g/mol. The summed E-state index contributed by atoms with van der Waals surface area (Å²) in [7, 11) is 1.64. The number of likely N-dealkylation sites (tertiary alicyclic amines) is 1. The van der Waals surface area contributed by atoms with Crippen LogP contribution >= 0.6 is 0 Å². The number of anilines is 1. The number of aryl methyl sites for hydroxylation is 2. The Morgan fingerprint density at radius 1 is 1.15 bits per heavy atom. The number of nitrogens with one attached hydrogen (secondary N) is 1. The van der Waals surface area contributed by atoms with E-state index in [4.69, 9.17) is 4.42 Å². The fourth-order valence-corrected chi connectivity index (χ4v) is 3.71. The molecule has 3 aromatic rings. The van der Waals surface area contributed by atoms with Gasteiger partial charge in [-0.3, -0.25) is 9.78 Å². The molecule has 1 amide bonds. The Kier molecular flexibility index (Phi) is 10.1. The lowest BCUT2D eigenvalue weighted by molar-refractivity contribution is -0.122. The Bertz CT molecular complexity index is 1070. The number of nitrogens with zero attached hydrogens (tertiary/aromatic N) is 4. The lowest BCUT2D eigenvalue weighted by Crippen LogP contribution is -2.35. The van der Waals surface area contributed by atoms with Gasteiger partial charge in [0.2, 0.25) is 18.2 Å². The predicted molar refractivity (Wildman–Crippen MR) is 128 cm³/mol. The Morgan fingerprint density at radius 3 is 2.47 bits per heavy atom. The average molecular weight is 474 g/mol. The van der Waals surface area contributed by atoms with Gasteiger partial charge < -0.3 is 14.6 Å². The Balaban J connectivity index is 0.000000225. The van der Waals surface area contributed by atoms with Gasteiger partial charge in [-0.25, -0.2) is 8.78 Å². The number of halogens is 2. The normalized spacial score (nSPS) is 17.1. The van der Waals surface area contributed by atoms with Crippen molar-refractivity contribution in [2.45, 2.75) is 53.5 Å². The molecule has 9 heteroatoms. The van der Waals surface area contributed by atoms with Crippen molar-refractivity contribution in [2.75, 3.05) is 18.9 Å². The minimum absolute atomic E-state index is 0.0348. The van der Waals surface area contributed by atoms with Crippen LogP contribution in [0, 0.1) is 31.4 Å². The molecule has 34 heavy (non-hydrogen) atoms. The molecule has 184 valence electrons.